The van der Waals surface area contributed by atoms with E-state index in [1.165, 1.54) is 70.0 Å². The van der Waals surface area contributed by atoms with Gasteiger partial charge in [0.1, 0.15) is 0 Å². The molecule has 23 heavy (non-hydrogen) atoms. The van der Waals surface area contributed by atoms with Crippen molar-refractivity contribution < 1.29 is 0 Å². The van der Waals surface area contributed by atoms with E-state index in [-0.39, 0.29) is 0 Å². The maximum atomic E-state index is 2.65. The molecule has 1 atom stereocenters. The van der Waals surface area contributed by atoms with Crippen LogP contribution in [0.3, 0.4) is 0 Å². The van der Waals surface area contributed by atoms with E-state index in [2.05, 4.69) is 34.7 Å². The zero-order valence-electron chi connectivity index (χ0n) is 14.4. The number of aryl methyl sites for hydroxylation is 1. The van der Waals surface area contributed by atoms with Gasteiger partial charge in [-0.1, -0.05) is 25.3 Å². The van der Waals surface area contributed by atoms with Crippen LogP contribution < -0.4 is 0 Å². The van der Waals surface area contributed by atoms with E-state index in [1.54, 1.807) is 22.2 Å². The number of likely N-dealkylation sites (N-methyl/N-ethyl adjacent to an activating group) is 1. The summed E-state index contributed by atoms with van der Waals surface area (Å²) in [6.07, 6.45) is 11.1. The highest BCUT2D eigenvalue weighted by molar-refractivity contribution is 5.87. The third-order valence-corrected chi connectivity index (χ3v) is 6.74. The second kappa shape index (κ2) is 5.37. The lowest BCUT2D eigenvalue weighted by Crippen LogP contribution is -2.36. The molecule has 2 aliphatic carbocycles. The molecule has 0 N–H and O–H groups in total. The van der Waals surface area contributed by atoms with E-state index in [4.69, 9.17) is 0 Å². The quantitative estimate of drug-likeness (QED) is 0.719. The summed E-state index contributed by atoms with van der Waals surface area (Å²) < 4.78 is 2.65. The van der Waals surface area contributed by atoms with E-state index >= 15 is 0 Å². The summed E-state index contributed by atoms with van der Waals surface area (Å²) in [7, 11) is 2.31. The van der Waals surface area contributed by atoms with Crippen LogP contribution in [0.2, 0.25) is 0 Å². The van der Waals surface area contributed by atoms with Gasteiger partial charge in [-0.05, 0) is 68.3 Å². The molecule has 0 saturated heterocycles. The number of aromatic nitrogens is 1. The minimum Gasteiger partial charge on any atom is -0.342 e. The Morgan fingerprint density at radius 1 is 0.957 bits per heavy atom. The van der Waals surface area contributed by atoms with Crippen LogP contribution in [-0.4, -0.2) is 23.1 Å². The molecule has 0 radical (unpaired) electrons. The molecule has 2 nitrogen and oxygen atoms in total. The molecule has 1 saturated carbocycles. The SMILES string of the molecule is CN1CCn2c3c(c4cc(C5CCCCC5)ccc42)CCC[C@@H]31. The summed E-state index contributed by atoms with van der Waals surface area (Å²) in [4.78, 5) is 2.58. The maximum Gasteiger partial charge on any atom is 0.0501 e. The highest BCUT2D eigenvalue weighted by Crippen LogP contribution is 2.43. The van der Waals surface area contributed by atoms with Gasteiger partial charge in [-0.2, -0.15) is 0 Å². The second-order valence-corrected chi connectivity index (χ2v) is 8.02. The molecule has 1 aliphatic heterocycles. The molecular weight excluding hydrogens is 280 g/mol. The Balaban J connectivity index is 1.66. The first-order chi connectivity index (χ1) is 11.3. The topological polar surface area (TPSA) is 8.17 Å². The maximum absolute atomic E-state index is 2.65. The number of hydrogen-bond acceptors (Lipinski definition) is 1. The van der Waals surface area contributed by atoms with Crippen molar-refractivity contribution in [3.05, 3.63) is 35.0 Å². The Morgan fingerprint density at radius 3 is 2.70 bits per heavy atom. The fourth-order valence-corrected chi connectivity index (χ4v) is 5.49. The third kappa shape index (κ3) is 2.11. The van der Waals surface area contributed by atoms with E-state index in [0.29, 0.717) is 6.04 Å². The van der Waals surface area contributed by atoms with E-state index < -0.39 is 0 Å². The molecular formula is C21H28N2. The fraction of sp³-hybridized carbons (Fsp3) is 0.619. The summed E-state index contributed by atoms with van der Waals surface area (Å²) in [6.45, 7) is 2.37. The largest absolute Gasteiger partial charge is 0.342 e. The molecule has 2 heterocycles. The Labute approximate surface area is 139 Å². The van der Waals surface area contributed by atoms with Crippen LogP contribution in [0.1, 0.15) is 73.7 Å². The second-order valence-electron chi connectivity index (χ2n) is 8.02. The standard InChI is InChI=1S/C21H28N2/c1-22-12-13-23-19-11-10-16(15-6-3-2-4-7-15)14-18(19)17-8-5-9-20(22)21(17)23/h10-11,14-15,20H,2-9,12-13H2,1H3/t20-/m0/s1. The number of nitrogens with zero attached hydrogens (tertiary/aromatic N) is 2. The highest BCUT2D eigenvalue weighted by Gasteiger charge is 2.33. The average molecular weight is 308 g/mol. The van der Waals surface area contributed by atoms with Crippen LogP contribution in [0, 0.1) is 0 Å². The first-order valence-electron chi connectivity index (χ1n) is 9.68. The molecule has 0 amide bonds. The molecule has 0 spiro atoms. The molecule has 0 bridgehead atoms. The lowest BCUT2D eigenvalue weighted by atomic mass is 9.83. The molecule has 1 fully saturated rings. The van der Waals surface area contributed by atoms with Gasteiger partial charge in [-0.25, -0.2) is 0 Å². The van der Waals surface area contributed by atoms with Crippen molar-refractivity contribution in [1.29, 1.82) is 0 Å². The first kappa shape index (κ1) is 14.1. The summed E-state index contributed by atoms with van der Waals surface area (Å²) in [5.74, 6) is 0.819. The minimum absolute atomic E-state index is 0.665. The summed E-state index contributed by atoms with van der Waals surface area (Å²) in [5.41, 5.74) is 6.46. The predicted octanol–water partition coefficient (Wildman–Crippen LogP) is 5.01. The molecule has 122 valence electrons. The zero-order valence-corrected chi connectivity index (χ0v) is 14.4. The van der Waals surface area contributed by atoms with Crippen molar-refractivity contribution in [2.24, 2.45) is 0 Å². The Bertz CT molecular complexity index is 736. The molecule has 5 rings (SSSR count). The lowest BCUT2D eigenvalue weighted by molar-refractivity contribution is 0.178. The van der Waals surface area contributed by atoms with Gasteiger partial charge in [0.15, 0.2) is 0 Å². The highest BCUT2D eigenvalue weighted by atomic mass is 15.2. The van der Waals surface area contributed by atoms with Gasteiger partial charge in [0, 0.05) is 29.7 Å². The van der Waals surface area contributed by atoms with Gasteiger partial charge in [0.25, 0.3) is 0 Å². The van der Waals surface area contributed by atoms with E-state index in [9.17, 15) is 0 Å². The number of rotatable bonds is 1. The number of fused-ring (bicyclic) bond motifs is 3. The first-order valence-corrected chi connectivity index (χ1v) is 9.68. The smallest absolute Gasteiger partial charge is 0.0501 e. The predicted molar refractivity (Wildman–Crippen MR) is 96.1 cm³/mol. The van der Waals surface area contributed by atoms with Crippen molar-refractivity contribution in [3.8, 4) is 0 Å². The van der Waals surface area contributed by atoms with Gasteiger partial charge >= 0.3 is 0 Å². The Kier molecular flexibility index (Phi) is 3.29. The van der Waals surface area contributed by atoms with Gasteiger partial charge in [0.2, 0.25) is 0 Å². The summed E-state index contributed by atoms with van der Waals surface area (Å²) >= 11 is 0. The molecule has 2 aromatic rings. The minimum atomic E-state index is 0.665. The normalized spacial score (nSPS) is 25.7. The van der Waals surface area contributed by atoms with E-state index in [1.807, 2.05) is 0 Å². The van der Waals surface area contributed by atoms with Crippen LogP contribution in [0.5, 0.6) is 0 Å². The van der Waals surface area contributed by atoms with Crippen LogP contribution in [0.25, 0.3) is 10.9 Å². The van der Waals surface area contributed by atoms with Gasteiger partial charge in [0.05, 0.1) is 6.04 Å². The Hall–Kier alpha value is -1.28. The van der Waals surface area contributed by atoms with Crippen LogP contribution in [0.15, 0.2) is 18.2 Å². The molecule has 1 aromatic heterocycles. The zero-order chi connectivity index (χ0) is 15.4. The summed E-state index contributed by atoms with van der Waals surface area (Å²) in [6, 6.07) is 8.13. The van der Waals surface area contributed by atoms with Gasteiger partial charge in [-0.15, -0.1) is 0 Å². The fourth-order valence-electron chi connectivity index (χ4n) is 5.49. The van der Waals surface area contributed by atoms with Crippen molar-refractivity contribution in [1.82, 2.24) is 9.47 Å². The Morgan fingerprint density at radius 2 is 1.83 bits per heavy atom. The number of hydrogen-bond donors (Lipinski definition) is 0. The van der Waals surface area contributed by atoms with Gasteiger partial charge in [-0.3, -0.25) is 4.90 Å². The molecule has 2 heteroatoms. The average Bonchev–Trinajstić information content (AvgIpc) is 2.94. The van der Waals surface area contributed by atoms with Crippen molar-refractivity contribution in [2.45, 2.75) is 69.9 Å². The molecule has 1 aromatic carbocycles. The molecule has 0 unspecified atom stereocenters. The van der Waals surface area contributed by atoms with E-state index in [0.717, 1.165) is 5.92 Å². The van der Waals surface area contributed by atoms with Crippen LogP contribution in [-0.2, 0) is 13.0 Å². The third-order valence-electron chi connectivity index (χ3n) is 6.74. The summed E-state index contributed by atoms with van der Waals surface area (Å²) in [5, 5.41) is 1.59. The van der Waals surface area contributed by atoms with Crippen molar-refractivity contribution >= 4 is 10.9 Å². The van der Waals surface area contributed by atoms with Crippen LogP contribution in [0.4, 0.5) is 0 Å². The van der Waals surface area contributed by atoms with Crippen LogP contribution >= 0.6 is 0 Å². The van der Waals surface area contributed by atoms with Crippen molar-refractivity contribution in [2.75, 3.05) is 13.6 Å². The lowest BCUT2D eigenvalue weighted by Gasteiger charge is -2.37. The van der Waals surface area contributed by atoms with Gasteiger partial charge < -0.3 is 4.57 Å². The monoisotopic (exact) mass is 308 g/mol. The van der Waals surface area contributed by atoms with Crippen molar-refractivity contribution in [3.63, 3.8) is 0 Å². The molecule has 3 aliphatic rings. The number of benzene rings is 1.